The lowest BCUT2D eigenvalue weighted by Crippen LogP contribution is -2.41. The average molecular weight is 478 g/mol. The number of fused-ring (bicyclic) bond motifs is 2. The van der Waals surface area contributed by atoms with E-state index >= 15 is 0 Å². The van der Waals surface area contributed by atoms with E-state index in [1.807, 2.05) is 22.9 Å². The predicted octanol–water partition coefficient (Wildman–Crippen LogP) is 3.58. The first-order chi connectivity index (χ1) is 16.9. The first kappa shape index (κ1) is 24.3. The molecule has 0 atom stereocenters. The fraction of sp³-hybridized carbons (Fsp3) is 0.385. The summed E-state index contributed by atoms with van der Waals surface area (Å²) in [5.41, 5.74) is 0.350. The van der Waals surface area contributed by atoms with Crippen molar-refractivity contribution in [3.05, 3.63) is 66.4 Å². The number of para-hydroxylation sites is 2. The van der Waals surface area contributed by atoms with Crippen molar-refractivity contribution in [2.45, 2.75) is 32.7 Å². The van der Waals surface area contributed by atoms with Gasteiger partial charge in [0.15, 0.2) is 11.5 Å². The topological polar surface area (TPSA) is 89.8 Å². The molecule has 0 spiro atoms. The highest BCUT2D eigenvalue weighted by Crippen LogP contribution is 2.32. The van der Waals surface area contributed by atoms with E-state index in [4.69, 9.17) is 9.47 Å². The highest BCUT2D eigenvalue weighted by atomic mass is 16.5. The Kier molecular flexibility index (Phi) is 7.64. The largest absolute Gasteiger partial charge is 0.488 e. The summed E-state index contributed by atoms with van der Waals surface area (Å²) in [4.78, 5) is 38.4. The molecule has 0 aliphatic carbocycles. The van der Waals surface area contributed by atoms with Gasteiger partial charge in [-0.15, -0.1) is 0 Å². The van der Waals surface area contributed by atoms with Gasteiger partial charge in [-0.25, -0.2) is 9.97 Å². The quantitative estimate of drug-likeness (QED) is 0.571. The van der Waals surface area contributed by atoms with Crippen molar-refractivity contribution < 1.29 is 19.1 Å². The van der Waals surface area contributed by atoms with Crippen molar-refractivity contribution >= 4 is 11.8 Å². The van der Waals surface area contributed by atoms with Crippen LogP contribution in [-0.2, 0) is 11.3 Å². The van der Waals surface area contributed by atoms with Crippen LogP contribution in [-0.4, -0.2) is 69.4 Å². The van der Waals surface area contributed by atoms with Gasteiger partial charge in [-0.2, -0.15) is 0 Å². The lowest BCUT2D eigenvalue weighted by atomic mass is 10.2. The van der Waals surface area contributed by atoms with Crippen LogP contribution in [0.5, 0.6) is 17.4 Å². The molecule has 1 aliphatic rings. The molecule has 9 nitrogen and oxygen atoms in total. The number of nitrogens with zero attached hydrogens (tertiary/aromatic N) is 5. The smallest absolute Gasteiger partial charge is 0.259 e. The molecule has 0 fully saturated rings. The molecule has 2 aromatic heterocycles. The molecule has 3 aromatic rings. The van der Waals surface area contributed by atoms with E-state index in [-0.39, 0.29) is 23.6 Å². The SMILES string of the molecule is CC(C)c1nccn1CCC(=O)N1CCOc2ccccc2Oc2ncccc2C(=O)N(C)CC1. The lowest BCUT2D eigenvalue weighted by molar-refractivity contribution is -0.132. The molecule has 9 heteroatoms. The maximum atomic E-state index is 13.2. The number of pyridine rings is 1. The molecule has 184 valence electrons. The molecule has 0 radical (unpaired) electrons. The van der Waals surface area contributed by atoms with E-state index in [1.165, 1.54) is 0 Å². The second-order valence-corrected chi connectivity index (χ2v) is 8.74. The standard InChI is InChI=1S/C26H31N5O4/c1-19(2)24-27-12-14-31(24)13-10-23(32)30-16-15-29(3)26(33)20-7-6-11-28-25(20)35-22-9-5-4-8-21(22)34-18-17-30/h4-9,11-12,14,19H,10,13,15-18H2,1-3H3. The molecular weight excluding hydrogens is 446 g/mol. The normalized spacial score (nSPS) is 14.7. The minimum atomic E-state index is -0.224. The summed E-state index contributed by atoms with van der Waals surface area (Å²) < 4.78 is 14.0. The molecule has 0 unspecified atom stereocenters. The van der Waals surface area contributed by atoms with Crippen LogP contribution in [0.2, 0.25) is 0 Å². The van der Waals surface area contributed by atoms with Crippen LogP contribution in [0.15, 0.2) is 55.0 Å². The Morgan fingerprint density at radius 3 is 2.63 bits per heavy atom. The molecule has 0 bridgehead atoms. The van der Waals surface area contributed by atoms with Gasteiger partial charge in [-0.3, -0.25) is 9.59 Å². The number of ether oxygens (including phenoxy) is 2. The highest BCUT2D eigenvalue weighted by Gasteiger charge is 2.22. The van der Waals surface area contributed by atoms with Crippen LogP contribution < -0.4 is 9.47 Å². The maximum Gasteiger partial charge on any atom is 0.259 e. The van der Waals surface area contributed by atoms with Crippen molar-refractivity contribution in [1.29, 1.82) is 0 Å². The summed E-state index contributed by atoms with van der Waals surface area (Å²) in [6.07, 6.45) is 5.58. The van der Waals surface area contributed by atoms with Gasteiger partial charge < -0.3 is 23.8 Å². The van der Waals surface area contributed by atoms with Gasteiger partial charge in [-0.05, 0) is 24.3 Å². The van der Waals surface area contributed by atoms with Gasteiger partial charge in [0, 0.05) is 57.6 Å². The van der Waals surface area contributed by atoms with Crippen LogP contribution >= 0.6 is 0 Å². The number of aromatic nitrogens is 3. The third kappa shape index (κ3) is 5.79. The van der Waals surface area contributed by atoms with Crippen LogP contribution in [0.25, 0.3) is 0 Å². The zero-order valence-electron chi connectivity index (χ0n) is 20.4. The zero-order valence-corrected chi connectivity index (χ0v) is 20.4. The molecule has 0 N–H and O–H groups in total. The Morgan fingerprint density at radius 2 is 1.83 bits per heavy atom. The second kappa shape index (κ2) is 11.0. The van der Waals surface area contributed by atoms with E-state index < -0.39 is 0 Å². The minimum Gasteiger partial charge on any atom is -0.488 e. The first-order valence-corrected chi connectivity index (χ1v) is 11.8. The average Bonchev–Trinajstić information content (AvgIpc) is 3.34. The van der Waals surface area contributed by atoms with Gasteiger partial charge in [0.25, 0.3) is 5.91 Å². The van der Waals surface area contributed by atoms with Crippen molar-refractivity contribution in [3.63, 3.8) is 0 Å². The summed E-state index contributed by atoms with van der Waals surface area (Å²) in [6.45, 7) is 6.16. The van der Waals surface area contributed by atoms with Crippen LogP contribution in [0, 0.1) is 0 Å². The third-order valence-corrected chi connectivity index (χ3v) is 5.91. The summed E-state index contributed by atoms with van der Waals surface area (Å²) in [5, 5.41) is 0. The monoisotopic (exact) mass is 477 g/mol. The second-order valence-electron chi connectivity index (χ2n) is 8.74. The number of imidazole rings is 1. The van der Waals surface area contributed by atoms with E-state index in [1.54, 1.807) is 53.5 Å². The van der Waals surface area contributed by atoms with Crippen molar-refractivity contribution in [3.8, 4) is 17.4 Å². The number of hydrogen-bond donors (Lipinski definition) is 0. The van der Waals surface area contributed by atoms with E-state index in [2.05, 4.69) is 23.8 Å². The lowest BCUT2D eigenvalue weighted by Gasteiger charge is -2.26. The van der Waals surface area contributed by atoms with Crippen molar-refractivity contribution in [1.82, 2.24) is 24.3 Å². The number of carbonyl (C=O) groups is 2. The highest BCUT2D eigenvalue weighted by molar-refractivity contribution is 5.96. The number of amides is 2. The van der Waals surface area contributed by atoms with Gasteiger partial charge in [0.05, 0.1) is 6.54 Å². The number of aryl methyl sites for hydroxylation is 1. The molecule has 35 heavy (non-hydrogen) atoms. The summed E-state index contributed by atoms with van der Waals surface area (Å²) in [5.74, 6) is 2.21. The number of carbonyl (C=O) groups excluding carboxylic acids is 2. The van der Waals surface area contributed by atoms with Crippen molar-refractivity contribution in [2.24, 2.45) is 0 Å². The number of benzene rings is 1. The first-order valence-electron chi connectivity index (χ1n) is 11.8. The van der Waals surface area contributed by atoms with Gasteiger partial charge in [0.1, 0.15) is 18.0 Å². The molecule has 0 saturated heterocycles. The molecule has 1 aliphatic heterocycles. The minimum absolute atomic E-state index is 0.000621. The van der Waals surface area contributed by atoms with Crippen LogP contribution in [0.1, 0.15) is 42.4 Å². The van der Waals surface area contributed by atoms with E-state index in [0.717, 1.165) is 5.82 Å². The molecule has 3 heterocycles. The molecule has 1 aromatic carbocycles. The van der Waals surface area contributed by atoms with Gasteiger partial charge in [-0.1, -0.05) is 26.0 Å². The van der Waals surface area contributed by atoms with Gasteiger partial charge in [0.2, 0.25) is 11.8 Å². The van der Waals surface area contributed by atoms with Crippen LogP contribution in [0.4, 0.5) is 0 Å². The fourth-order valence-corrected chi connectivity index (χ4v) is 3.98. The summed E-state index contributed by atoms with van der Waals surface area (Å²) in [6, 6.07) is 10.6. The molecular formula is C26H31N5O4. The molecule has 4 rings (SSSR count). The number of hydrogen-bond acceptors (Lipinski definition) is 6. The zero-order chi connectivity index (χ0) is 24.8. The van der Waals surface area contributed by atoms with Crippen molar-refractivity contribution in [2.75, 3.05) is 33.3 Å². The summed E-state index contributed by atoms with van der Waals surface area (Å²) in [7, 11) is 1.71. The Morgan fingerprint density at radius 1 is 1.03 bits per heavy atom. The van der Waals surface area contributed by atoms with Gasteiger partial charge >= 0.3 is 0 Å². The Bertz CT molecular complexity index is 1180. The van der Waals surface area contributed by atoms with E-state index in [0.29, 0.717) is 56.3 Å². The summed E-state index contributed by atoms with van der Waals surface area (Å²) >= 11 is 0. The molecule has 2 amide bonds. The Labute approximate surface area is 205 Å². The fourth-order valence-electron chi connectivity index (χ4n) is 3.98. The molecule has 0 saturated carbocycles. The number of likely N-dealkylation sites (N-methyl/N-ethyl adjacent to an activating group) is 1. The predicted molar refractivity (Wildman–Crippen MR) is 131 cm³/mol. The number of rotatable bonds is 4. The Hall–Kier alpha value is -3.88. The van der Waals surface area contributed by atoms with E-state index in [9.17, 15) is 9.59 Å². The van der Waals surface area contributed by atoms with Crippen LogP contribution in [0.3, 0.4) is 0 Å². The maximum absolute atomic E-state index is 13.2. The Balaban J connectivity index is 1.54. The third-order valence-electron chi connectivity index (χ3n) is 5.91.